The lowest BCUT2D eigenvalue weighted by Gasteiger charge is -2.16. The molecule has 3 aromatic carbocycles. The Bertz CT molecular complexity index is 981. The lowest BCUT2D eigenvalue weighted by Crippen LogP contribution is -2.28. The molecule has 4 heteroatoms. The maximum atomic E-state index is 12.8. The second kappa shape index (κ2) is 10.4. The highest BCUT2D eigenvalue weighted by atomic mass is 16.2. The Labute approximate surface area is 178 Å². The molecule has 0 saturated heterocycles. The van der Waals surface area contributed by atoms with E-state index in [0.29, 0.717) is 24.1 Å². The number of para-hydroxylation sites is 1. The minimum absolute atomic E-state index is 0.106. The number of amides is 2. The van der Waals surface area contributed by atoms with E-state index in [9.17, 15) is 9.59 Å². The van der Waals surface area contributed by atoms with Crippen LogP contribution in [0.5, 0.6) is 0 Å². The quantitative estimate of drug-likeness (QED) is 0.538. The van der Waals surface area contributed by atoms with E-state index in [1.807, 2.05) is 43.3 Å². The van der Waals surface area contributed by atoms with E-state index in [0.717, 1.165) is 17.5 Å². The first-order chi connectivity index (χ1) is 14.6. The number of carbonyl (C=O) groups excluding carboxylic acids is 2. The van der Waals surface area contributed by atoms with Gasteiger partial charge in [-0.15, -0.1) is 0 Å². The molecule has 0 aliphatic heterocycles. The average Bonchev–Trinajstić information content (AvgIpc) is 2.79. The molecule has 0 aliphatic rings. The van der Waals surface area contributed by atoms with Crippen LogP contribution in [-0.4, -0.2) is 11.8 Å². The number of aryl methyl sites for hydroxylation is 2. The van der Waals surface area contributed by atoms with Crippen molar-refractivity contribution in [3.05, 3.63) is 101 Å². The molecule has 0 aliphatic carbocycles. The van der Waals surface area contributed by atoms with Crippen molar-refractivity contribution >= 4 is 17.5 Å². The molecule has 0 bridgehead atoms. The topological polar surface area (TPSA) is 58.2 Å². The molecule has 3 rings (SSSR count). The molecule has 0 aromatic heterocycles. The molecule has 0 unspecified atom stereocenters. The smallest absolute Gasteiger partial charge is 0.253 e. The van der Waals surface area contributed by atoms with Crippen LogP contribution in [-0.2, 0) is 17.6 Å². The van der Waals surface area contributed by atoms with Crippen LogP contribution >= 0.6 is 0 Å². The van der Waals surface area contributed by atoms with Gasteiger partial charge in [0.15, 0.2) is 0 Å². The summed E-state index contributed by atoms with van der Waals surface area (Å²) in [4.78, 5) is 25.3. The van der Waals surface area contributed by atoms with E-state index in [4.69, 9.17) is 0 Å². The Morgan fingerprint density at radius 3 is 2.17 bits per heavy atom. The highest BCUT2D eigenvalue weighted by Crippen LogP contribution is 2.18. The van der Waals surface area contributed by atoms with Crippen molar-refractivity contribution in [2.75, 3.05) is 5.32 Å². The zero-order valence-electron chi connectivity index (χ0n) is 17.5. The standard InChI is InChI=1S/C26H28N2O2/c1-3-20-13-15-21(16-14-20)17-18-25(29)28-24-12-8-7-11-23(24)26(30)27-19(2)22-9-5-4-6-10-22/h4-16,19H,3,17-18H2,1-2H3,(H,27,30)(H,28,29)/t19-/m0/s1. The normalized spacial score (nSPS) is 11.5. The maximum Gasteiger partial charge on any atom is 0.253 e. The number of benzene rings is 3. The van der Waals surface area contributed by atoms with E-state index < -0.39 is 0 Å². The predicted molar refractivity (Wildman–Crippen MR) is 122 cm³/mol. The van der Waals surface area contributed by atoms with Gasteiger partial charge in [-0.1, -0.05) is 73.7 Å². The number of anilines is 1. The van der Waals surface area contributed by atoms with Gasteiger partial charge in [0.25, 0.3) is 5.91 Å². The van der Waals surface area contributed by atoms with E-state index in [1.54, 1.807) is 18.2 Å². The molecule has 2 N–H and O–H groups in total. The number of rotatable bonds is 8. The Morgan fingerprint density at radius 1 is 0.833 bits per heavy atom. The summed E-state index contributed by atoms with van der Waals surface area (Å²) >= 11 is 0. The zero-order valence-corrected chi connectivity index (χ0v) is 17.5. The van der Waals surface area contributed by atoms with Gasteiger partial charge in [-0.2, -0.15) is 0 Å². The molecular weight excluding hydrogens is 372 g/mol. The van der Waals surface area contributed by atoms with Crippen molar-refractivity contribution in [1.82, 2.24) is 5.32 Å². The summed E-state index contributed by atoms with van der Waals surface area (Å²) in [7, 11) is 0. The largest absolute Gasteiger partial charge is 0.345 e. The van der Waals surface area contributed by atoms with Crippen LogP contribution in [0.2, 0.25) is 0 Å². The molecule has 3 aromatic rings. The van der Waals surface area contributed by atoms with Gasteiger partial charge in [0, 0.05) is 6.42 Å². The second-order valence-electron chi connectivity index (χ2n) is 7.37. The second-order valence-corrected chi connectivity index (χ2v) is 7.37. The Hall–Kier alpha value is -3.40. The Kier molecular flexibility index (Phi) is 7.39. The van der Waals surface area contributed by atoms with Crippen LogP contribution in [0.25, 0.3) is 0 Å². The monoisotopic (exact) mass is 400 g/mol. The molecule has 2 amide bonds. The number of nitrogens with one attached hydrogen (secondary N) is 2. The predicted octanol–water partition coefficient (Wildman–Crippen LogP) is 5.31. The van der Waals surface area contributed by atoms with Gasteiger partial charge in [0.05, 0.1) is 17.3 Å². The molecule has 0 spiro atoms. The maximum absolute atomic E-state index is 12.8. The van der Waals surface area contributed by atoms with Crippen LogP contribution in [0.3, 0.4) is 0 Å². The SMILES string of the molecule is CCc1ccc(CCC(=O)Nc2ccccc2C(=O)N[C@@H](C)c2ccccc2)cc1. The van der Waals surface area contributed by atoms with Crippen molar-refractivity contribution < 1.29 is 9.59 Å². The van der Waals surface area contributed by atoms with E-state index in [1.165, 1.54) is 5.56 Å². The molecule has 30 heavy (non-hydrogen) atoms. The van der Waals surface area contributed by atoms with Crippen molar-refractivity contribution in [2.24, 2.45) is 0 Å². The minimum atomic E-state index is -0.211. The molecule has 1 atom stereocenters. The zero-order chi connectivity index (χ0) is 21.3. The minimum Gasteiger partial charge on any atom is -0.345 e. The highest BCUT2D eigenvalue weighted by Gasteiger charge is 2.16. The van der Waals surface area contributed by atoms with Gasteiger partial charge in [-0.3, -0.25) is 9.59 Å². The first kappa shape index (κ1) is 21.3. The van der Waals surface area contributed by atoms with Gasteiger partial charge in [0.1, 0.15) is 0 Å². The fourth-order valence-corrected chi connectivity index (χ4v) is 3.30. The van der Waals surface area contributed by atoms with Crippen LogP contribution in [0.15, 0.2) is 78.9 Å². The third-order valence-electron chi connectivity index (χ3n) is 5.16. The van der Waals surface area contributed by atoms with Gasteiger partial charge in [-0.05, 0) is 48.6 Å². The third kappa shape index (κ3) is 5.80. The number of hydrogen-bond donors (Lipinski definition) is 2. The van der Waals surface area contributed by atoms with E-state index in [2.05, 4.69) is 41.8 Å². The summed E-state index contributed by atoms with van der Waals surface area (Å²) < 4.78 is 0. The summed E-state index contributed by atoms with van der Waals surface area (Å²) in [6, 6.07) is 25.1. The number of carbonyl (C=O) groups is 2. The molecule has 0 fully saturated rings. The lowest BCUT2D eigenvalue weighted by atomic mass is 10.1. The van der Waals surface area contributed by atoms with Crippen molar-refractivity contribution in [3.63, 3.8) is 0 Å². The summed E-state index contributed by atoms with van der Waals surface area (Å²) in [5.74, 6) is -0.316. The van der Waals surface area contributed by atoms with Gasteiger partial charge >= 0.3 is 0 Å². The molecule has 0 heterocycles. The first-order valence-corrected chi connectivity index (χ1v) is 10.4. The van der Waals surface area contributed by atoms with Crippen LogP contribution in [0.4, 0.5) is 5.69 Å². The summed E-state index contributed by atoms with van der Waals surface area (Å²) in [5.41, 5.74) is 4.43. The lowest BCUT2D eigenvalue weighted by molar-refractivity contribution is -0.116. The fraction of sp³-hybridized carbons (Fsp3) is 0.231. The summed E-state index contributed by atoms with van der Waals surface area (Å²) in [5, 5.41) is 5.90. The van der Waals surface area contributed by atoms with Crippen molar-refractivity contribution in [3.8, 4) is 0 Å². The molecular formula is C26H28N2O2. The Balaban J connectivity index is 1.61. The molecule has 4 nitrogen and oxygen atoms in total. The van der Waals surface area contributed by atoms with Gasteiger partial charge in [0.2, 0.25) is 5.91 Å². The summed E-state index contributed by atoms with van der Waals surface area (Å²) in [6.45, 7) is 4.06. The van der Waals surface area contributed by atoms with Crippen molar-refractivity contribution in [2.45, 2.75) is 39.2 Å². The third-order valence-corrected chi connectivity index (χ3v) is 5.16. The van der Waals surface area contributed by atoms with Crippen LogP contribution < -0.4 is 10.6 Å². The van der Waals surface area contributed by atoms with Gasteiger partial charge in [-0.25, -0.2) is 0 Å². The molecule has 154 valence electrons. The molecule has 0 saturated carbocycles. The number of hydrogen-bond acceptors (Lipinski definition) is 2. The fourth-order valence-electron chi connectivity index (χ4n) is 3.30. The Morgan fingerprint density at radius 2 is 1.47 bits per heavy atom. The van der Waals surface area contributed by atoms with Crippen LogP contribution in [0, 0.1) is 0 Å². The molecule has 0 radical (unpaired) electrons. The summed E-state index contributed by atoms with van der Waals surface area (Å²) in [6.07, 6.45) is 2.03. The van der Waals surface area contributed by atoms with Crippen LogP contribution in [0.1, 0.15) is 53.4 Å². The first-order valence-electron chi connectivity index (χ1n) is 10.4. The van der Waals surface area contributed by atoms with E-state index in [-0.39, 0.29) is 17.9 Å². The average molecular weight is 401 g/mol. The van der Waals surface area contributed by atoms with Gasteiger partial charge < -0.3 is 10.6 Å². The van der Waals surface area contributed by atoms with Crippen molar-refractivity contribution in [1.29, 1.82) is 0 Å². The highest BCUT2D eigenvalue weighted by molar-refractivity contribution is 6.03. The van der Waals surface area contributed by atoms with E-state index >= 15 is 0 Å².